The first-order chi connectivity index (χ1) is 19.1. The van der Waals surface area contributed by atoms with Gasteiger partial charge in [0, 0.05) is 35.7 Å². The molecule has 0 unspecified atom stereocenters. The van der Waals surface area contributed by atoms with E-state index in [9.17, 15) is 9.59 Å². The van der Waals surface area contributed by atoms with Crippen LogP contribution in [-0.4, -0.2) is 56.0 Å². The molecule has 10 nitrogen and oxygen atoms in total. The number of benzene rings is 1. The first kappa shape index (κ1) is 27.9. The van der Waals surface area contributed by atoms with Gasteiger partial charge in [0.1, 0.15) is 29.9 Å². The fourth-order valence-electron chi connectivity index (χ4n) is 5.36. The van der Waals surface area contributed by atoms with Gasteiger partial charge in [0.05, 0.1) is 5.69 Å². The number of rotatable bonds is 6. The van der Waals surface area contributed by atoms with Gasteiger partial charge >= 0.3 is 6.09 Å². The standard InChI is InChI=1S/C29H35ClN6O4/c1-29(2,3)40-28(38)32-17-25(37)33-21-15-19-14-20(30)9-12-23(19)36-24(16-21)34-35-27(36)18-7-10-22(11-8-18)39-26-6-4-5-13-31-26/h4-6,9,12-14,18,21-22H,7-8,10-11,15-17H2,1-3H3,(H,32,38)(H,33,37)/t18-,21-,22-/m0/s1. The number of alkyl carbamates (subject to hydrolysis) is 1. The van der Waals surface area contributed by atoms with Gasteiger partial charge in [-0.15, -0.1) is 10.2 Å². The third kappa shape index (κ3) is 6.91. The number of nitrogens with zero attached hydrogens (tertiary/aromatic N) is 4. The Hall–Kier alpha value is -3.66. The van der Waals surface area contributed by atoms with Crippen molar-refractivity contribution in [2.75, 3.05) is 6.54 Å². The van der Waals surface area contributed by atoms with E-state index in [1.165, 1.54) is 0 Å². The topological polar surface area (TPSA) is 120 Å². The first-order valence-corrected chi connectivity index (χ1v) is 14.1. The molecular weight excluding hydrogens is 532 g/mol. The second-order valence-electron chi connectivity index (χ2n) is 11.4. The van der Waals surface area contributed by atoms with Crippen LogP contribution in [0.4, 0.5) is 4.79 Å². The van der Waals surface area contributed by atoms with E-state index >= 15 is 0 Å². The summed E-state index contributed by atoms with van der Waals surface area (Å²) in [5.41, 5.74) is 1.34. The lowest BCUT2D eigenvalue weighted by Crippen LogP contribution is -2.44. The van der Waals surface area contributed by atoms with Crippen LogP contribution >= 0.6 is 11.6 Å². The Kier molecular flexibility index (Phi) is 8.25. The second-order valence-corrected chi connectivity index (χ2v) is 11.8. The Bertz CT molecular complexity index is 1350. The fraction of sp³-hybridized carbons (Fsp3) is 0.483. The van der Waals surface area contributed by atoms with Crippen LogP contribution in [-0.2, 0) is 22.4 Å². The molecule has 1 atom stereocenters. The van der Waals surface area contributed by atoms with Crippen molar-refractivity contribution in [3.63, 3.8) is 0 Å². The molecule has 2 amide bonds. The Balaban J connectivity index is 1.29. The molecule has 1 saturated carbocycles. The molecule has 2 aromatic heterocycles. The maximum Gasteiger partial charge on any atom is 0.408 e. The Morgan fingerprint density at radius 3 is 2.60 bits per heavy atom. The summed E-state index contributed by atoms with van der Waals surface area (Å²) in [6, 6.07) is 11.2. The van der Waals surface area contributed by atoms with E-state index < -0.39 is 11.7 Å². The number of hydrogen-bond donors (Lipinski definition) is 2. The van der Waals surface area contributed by atoms with Gasteiger partial charge in [-0.25, -0.2) is 9.78 Å². The normalized spacial score (nSPS) is 20.4. The molecule has 212 valence electrons. The van der Waals surface area contributed by atoms with Crippen molar-refractivity contribution in [1.82, 2.24) is 30.4 Å². The van der Waals surface area contributed by atoms with E-state index in [4.69, 9.17) is 21.1 Å². The highest BCUT2D eigenvalue weighted by molar-refractivity contribution is 6.30. The van der Waals surface area contributed by atoms with Gasteiger partial charge in [-0.3, -0.25) is 9.36 Å². The molecular formula is C29H35ClN6O4. The van der Waals surface area contributed by atoms with E-state index in [0.29, 0.717) is 23.7 Å². The predicted octanol–water partition coefficient (Wildman–Crippen LogP) is 4.53. The molecule has 1 aliphatic carbocycles. The number of aromatic nitrogens is 4. The zero-order chi connectivity index (χ0) is 28.3. The summed E-state index contributed by atoms with van der Waals surface area (Å²) in [7, 11) is 0. The number of fused-ring (bicyclic) bond motifs is 3. The monoisotopic (exact) mass is 566 g/mol. The lowest BCUT2D eigenvalue weighted by molar-refractivity contribution is -0.121. The average molecular weight is 567 g/mol. The van der Waals surface area contributed by atoms with Crippen LogP contribution in [0.2, 0.25) is 5.02 Å². The van der Waals surface area contributed by atoms with E-state index in [2.05, 4.69) is 30.4 Å². The average Bonchev–Trinajstić information content (AvgIpc) is 3.24. The van der Waals surface area contributed by atoms with Crippen LogP contribution < -0.4 is 15.4 Å². The van der Waals surface area contributed by atoms with Gasteiger partial charge in [-0.2, -0.15) is 0 Å². The third-order valence-electron chi connectivity index (χ3n) is 7.05. The van der Waals surface area contributed by atoms with Gasteiger partial charge in [0.2, 0.25) is 11.8 Å². The summed E-state index contributed by atoms with van der Waals surface area (Å²) < 4.78 is 13.5. The minimum Gasteiger partial charge on any atom is -0.474 e. The molecule has 2 aliphatic rings. The molecule has 1 fully saturated rings. The predicted molar refractivity (Wildman–Crippen MR) is 150 cm³/mol. The SMILES string of the molecule is CC(C)(C)OC(=O)NCC(=O)N[C@H]1Cc2cc(Cl)ccc2-n2c(nnc2[C@H]2CC[C@H](Oc3ccccn3)CC2)C1. The van der Waals surface area contributed by atoms with Gasteiger partial charge in [0.25, 0.3) is 0 Å². The molecule has 40 heavy (non-hydrogen) atoms. The molecule has 0 radical (unpaired) electrons. The molecule has 11 heteroatoms. The van der Waals surface area contributed by atoms with Gasteiger partial charge in [-0.05, 0) is 82.7 Å². The number of carbonyl (C=O) groups is 2. The molecule has 3 aromatic rings. The van der Waals surface area contributed by atoms with E-state index in [-0.39, 0.29) is 30.5 Å². The minimum atomic E-state index is -0.641. The first-order valence-electron chi connectivity index (χ1n) is 13.7. The summed E-state index contributed by atoms with van der Waals surface area (Å²) >= 11 is 6.38. The number of nitrogens with one attached hydrogen (secondary N) is 2. The maximum atomic E-state index is 12.7. The highest BCUT2D eigenvalue weighted by Gasteiger charge is 2.32. The van der Waals surface area contributed by atoms with Gasteiger partial charge in [0.15, 0.2) is 0 Å². The van der Waals surface area contributed by atoms with Gasteiger partial charge < -0.3 is 20.1 Å². The number of ether oxygens (including phenoxy) is 2. The lowest BCUT2D eigenvalue weighted by atomic mass is 9.86. The van der Waals surface area contributed by atoms with Crippen molar-refractivity contribution in [3.8, 4) is 11.6 Å². The highest BCUT2D eigenvalue weighted by Crippen LogP contribution is 2.37. The van der Waals surface area contributed by atoms with Crippen LogP contribution in [0, 0.1) is 0 Å². The Morgan fingerprint density at radius 2 is 1.88 bits per heavy atom. The molecule has 3 heterocycles. The molecule has 0 saturated heterocycles. The van der Waals surface area contributed by atoms with Crippen molar-refractivity contribution in [2.24, 2.45) is 0 Å². The van der Waals surface area contributed by atoms with E-state index in [1.54, 1.807) is 27.0 Å². The Morgan fingerprint density at radius 1 is 1.07 bits per heavy atom. The summed E-state index contributed by atoms with van der Waals surface area (Å²) in [6.45, 7) is 5.13. The minimum absolute atomic E-state index is 0.123. The number of hydrogen-bond acceptors (Lipinski definition) is 7. The summed E-state index contributed by atoms with van der Waals surface area (Å²) in [5.74, 6) is 2.29. The van der Waals surface area contributed by atoms with Crippen LogP contribution in [0.3, 0.4) is 0 Å². The number of halogens is 1. The van der Waals surface area contributed by atoms with Gasteiger partial charge in [-0.1, -0.05) is 17.7 Å². The van der Waals surface area contributed by atoms with E-state index in [1.807, 2.05) is 36.4 Å². The van der Waals surface area contributed by atoms with Crippen LogP contribution in [0.25, 0.3) is 5.69 Å². The maximum absolute atomic E-state index is 12.7. The number of amides is 2. The third-order valence-corrected chi connectivity index (χ3v) is 7.29. The quantitative estimate of drug-likeness (QED) is 0.450. The number of pyridine rings is 1. The van der Waals surface area contributed by atoms with Crippen LogP contribution in [0.5, 0.6) is 5.88 Å². The molecule has 0 bridgehead atoms. The summed E-state index contributed by atoms with van der Waals surface area (Å²) in [4.78, 5) is 29.0. The van der Waals surface area contributed by atoms with Crippen molar-refractivity contribution >= 4 is 23.6 Å². The van der Waals surface area contributed by atoms with Crippen molar-refractivity contribution in [3.05, 3.63) is 64.8 Å². The largest absolute Gasteiger partial charge is 0.474 e. The molecule has 1 aliphatic heterocycles. The van der Waals surface area contributed by atoms with Crippen LogP contribution in [0.15, 0.2) is 42.6 Å². The van der Waals surface area contributed by atoms with Crippen LogP contribution in [0.1, 0.15) is 69.6 Å². The van der Waals surface area contributed by atoms with Crippen molar-refractivity contribution in [2.45, 2.75) is 83.0 Å². The zero-order valence-corrected chi connectivity index (χ0v) is 23.8. The number of carbonyl (C=O) groups excluding carboxylic acids is 2. The lowest BCUT2D eigenvalue weighted by Gasteiger charge is -2.28. The summed E-state index contributed by atoms with van der Waals surface area (Å²) in [6.07, 6.45) is 5.95. The molecule has 0 spiro atoms. The van der Waals surface area contributed by atoms with Crippen molar-refractivity contribution < 1.29 is 19.1 Å². The molecule has 5 rings (SSSR count). The Labute approximate surface area is 238 Å². The summed E-state index contributed by atoms with van der Waals surface area (Å²) in [5, 5.41) is 15.4. The smallest absolute Gasteiger partial charge is 0.408 e. The molecule has 1 aromatic carbocycles. The van der Waals surface area contributed by atoms with E-state index in [0.717, 1.165) is 48.6 Å². The highest BCUT2D eigenvalue weighted by atomic mass is 35.5. The van der Waals surface area contributed by atoms with Crippen molar-refractivity contribution in [1.29, 1.82) is 0 Å². The fourth-order valence-corrected chi connectivity index (χ4v) is 5.55. The molecule has 2 N–H and O–H groups in total. The second kappa shape index (κ2) is 11.8. The zero-order valence-electron chi connectivity index (χ0n) is 23.0.